The third-order valence-electron chi connectivity index (χ3n) is 4.01. The third kappa shape index (κ3) is 2.23. The molecule has 0 bridgehead atoms. The van der Waals surface area contributed by atoms with E-state index in [1.807, 2.05) is 17.8 Å². The van der Waals surface area contributed by atoms with Gasteiger partial charge in [-0.15, -0.1) is 0 Å². The summed E-state index contributed by atoms with van der Waals surface area (Å²) >= 11 is 0. The van der Waals surface area contributed by atoms with Gasteiger partial charge in [-0.3, -0.25) is 0 Å². The zero-order valence-corrected chi connectivity index (χ0v) is 10.4. The predicted octanol–water partition coefficient (Wildman–Crippen LogP) is 3.31. The molecule has 90 valence electrons. The zero-order chi connectivity index (χ0) is 11.5. The van der Waals surface area contributed by atoms with Gasteiger partial charge in [-0.2, -0.15) is 5.10 Å². The molecule has 0 amide bonds. The van der Waals surface area contributed by atoms with E-state index in [2.05, 4.69) is 12.0 Å². The van der Waals surface area contributed by atoms with Crippen LogP contribution >= 0.6 is 0 Å². The molecule has 2 atom stereocenters. The van der Waals surface area contributed by atoms with E-state index in [0.29, 0.717) is 6.04 Å². The summed E-state index contributed by atoms with van der Waals surface area (Å²) in [5.74, 6) is 1.78. The fourth-order valence-electron chi connectivity index (χ4n) is 2.76. The lowest BCUT2D eigenvalue weighted by molar-refractivity contribution is 0.394. The second-order valence-electron chi connectivity index (χ2n) is 5.09. The lowest BCUT2D eigenvalue weighted by Gasteiger charge is -2.16. The molecule has 1 aliphatic rings. The van der Waals surface area contributed by atoms with Crippen molar-refractivity contribution in [2.75, 3.05) is 5.73 Å². The van der Waals surface area contributed by atoms with Crippen LogP contribution in [0.15, 0.2) is 6.20 Å². The highest BCUT2D eigenvalue weighted by atomic mass is 15.3. The number of hydrogen-bond donors (Lipinski definition) is 1. The highest BCUT2D eigenvalue weighted by molar-refractivity contribution is 5.37. The van der Waals surface area contributed by atoms with Gasteiger partial charge in [0.25, 0.3) is 0 Å². The van der Waals surface area contributed by atoms with E-state index in [9.17, 15) is 0 Å². The summed E-state index contributed by atoms with van der Waals surface area (Å²) in [6.45, 7) is 4.34. The van der Waals surface area contributed by atoms with E-state index in [0.717, 1.165) is 17.3 Å². The molecule has 3 heteroatoms. The largest absolute Gasteiger partial charge is 0.384 e. The molecule has 1 aliphatic carbocycles. The average Bonchev–Trinajstić information content (AvgIpc) is 2.55. The summed E-state index contributed by atoms with van der Waals surface area (Å²) in [4.78, 5) is 0. The van der Waals surface area contributed by atoms with Crippen molar-refractivity contribution >= 4 is 5.82 Å². The molecule has 0 saturated heterocycles. The highest BCUT2D eigenvalue weighted by Crippen LogP contribution is 2.33. The third-order valence-corrected chi connectivity index (χ3v) is 4.01. The smallest absolute Gasteiger partial charge is 0.124 e. The van der Waals surface area contributed by atoms with Gasteiger partial charge in [-0.25, -0.2) is 4.68 Å². The quantitative estimate of drug-likeness (QED) is 0.779. The van der Waals surface area contributed by atoms with E-state index in [1.54, 1.807) is 0 Å². The molecule has 0 aliphatic heterocycles. The first-order chi connectivity index (χ1) is 7.72. The Kier molecular flexibility index (Phi) is 3.52. The Morgan fingerprint density at radius 2 is 2.19 bits per heavy atom. The summed E-state index contributed by atoms with van der Waals surface area (Å²) in [6.07, 6.45) is 9.72. The molecule has 0 spiro atoms. The Balaban J connectivity index is 2.07. The van der Waals surface area contributed by atoms with E-state index >= 15 is 0 Å². The summed E-state index contributed by atoms with van der Waals surface area (Å²) in [5.41, 5.74) is 7.16. The molecule has 16 heavy (non-hydrogen) atoms. The molecular weight excluding hydrogens is 198 g/mol. The Labute approximate surface area is 98.0 Å². The van der Waals surface area contributed by atoms with Crippen molar-refractivity contribution in [2.45, 2.75) is 58.4 Å². The molecule has 1 aromatic heterocycles. The molecular formula is C13H23N3. The first kappa shape index (κ1) is 11.5. The van der Waals surface area contributed by atoms with Gasteiger partial charge < -0.3 is 5.73 Å². The molecule has 2 rings (SSSR count). The zero-order valence-electron chi connectivity index (χ0n) is 10.4. The van der Waals surface area contributed by atoms with Crippen molar-refractivity contribution in [3.8, 4) is 0 Å². The van der Waals surface area contributed by atoms with E-state index in [4.69, 9.17) is 5.73 Å². The molecule has 1 heterocycles. The lowest BCUT2D eigenvalue weighted by atomic mass is 9.98. The fourth-order valence-corrected chi connectivity index (χ4v) is 2.76. The van der Waals surface area contributed by atoms with Crippen molar-refractivity contribution in [2.24, 2.45) is 5.92 Å². The van der Waals surface area contributed by atoms with Crippen molar-refractivity contribution in [3.63, 3.8) is 0 Å². The van der Waals surface area contributed by atoms with E-state index in [1.165, 1.54) is 38.5 Å². The summed E-state index contributed by atoms with van der Waals surface area (Å²) in [5, 5.41) is 4.42. The first-order valence-corrected chi connectivity index (χ1v) is 6.52. The minimum Gasteiger partial charge on any atom is -0.384 e. The van der Waals surface area contributed by atoms with Gasteiger partial charge in [-0.1, -0.05) is 26.2 Å². The molecule has 2 unspecified atom stereocenters. The SMILES string of the molecule is CCC1CCCC(n2ncc(C)c2N)CC1. The average molecular weight is 221 g/mol. The molecule has 1 saturated carbocycles. The number of nitrogens with zero attached hydrogens (tertiary/aromatic N) is 2. The number of nitrogen functional groups attached to an aromatic ring is 1. The van der Waals surface area contributed by atoms with Gasteiger partial charge >= 0.3 is 0 Å². The molecule has 0 radical (unpaired) electrons. The van der Waals surface area contributed by atoms with Crippen LogP contribution in [0.25, 0.3) is 0 Å². The number of rotatable bonds is 2. The van der Waals surface area contributed by atoms with Gasteiger partial charge in [-0.05, 0) is 32.1 Å². The predicted molar refractivity (Wildman–Crippen MR) is 67.3 cm³/mol. The second-order valence-corrected chi connectivity index (χ2v) is 5.09. The van der Waals surface area contributed by atoms with Crippen LogP contribution in [0.1, 0.15) is 57.1 Å². The first-order valence-electron chi connectivity index (χ1n) is 6.52. The highest BCUT2D eigenvalue weighted by Gasteiger charge is 2.21. The van der Waals surface area contributed by atoms with Crippen LogP contribution in [-0.4, -0.2) is 9.78 Å². The van der Waals surface area contributed by atoms with Crippen LogP contribution in [-0.2, 0) is 0 Å². The van der Waals surface area contributed by atoms with Crippen LogP contribution in [0.3, 0.4) is 0 Å². The van der Waals surface area contributed by atoms with Crippen LogP contribution in [0.4, 0.5) is 5.82 Å². The van der Waals surface area contributed by atoms with Gasteiger partial charge in [0.2, 0.25) is 0 Å². The maximum absolute atomic E-state index is 6.05. The Bertz CT molecular complexity index is 343. The van der Waals surface area contributed by atoms with Crippen LogP contribution in [0, 0.1) is 12.8 Å². The number of hydrogen-bond acceptors (Lipinski definition) is 2. The van der Waals surface area contributed by atoms with Gasteiger partial charge in [0.05, 0.1) is 12.2 Å². The van der Waals surface area contributed by atoms with Crippen molar-refractivity contribution in [3.05, 3.63) is 11.8 Å². The summed E-state index contributed by atoms with van der Waals surface area (Å²) in [7, 11) is 0. The minimum absolute atomic E-state index is 0.533. The fraction of sp³-hybridized carbons (Fsp3) is 0.769. The topological polar surface area (TPSA) is 43.8 Å². The van der Waals surface area contributed by atoms with Crippen molar-refractivity contribution < 1.29 is 0 Å². The molecule has 1 aromatic rings. The van der Waals surface area contributed by atoms with Crippen LogP contribution in [0.2, 0.25) is 0 Å². The molecule has 2 N–H and O–H groups in total. The van der Waals surface area contributed by atoms with Crippen LogP contribution < -0.4 is 5.73 Å². The summed E-state index contributed by atoms with van der Waals surface area (Å²) < 4.78 is 2.05. The summed E-state index contributed by atoms with van der Waals surface area (Å²) in [6, 6.07) is 0.533. The van der Waals surface area contributed by atoms with Crippen molar-refractivity contribution in [1.82, 2.24) is 9.78 Å². The maximum Gasteiger partial charge on any atom is 0.124 e. The number of anilines is 1. The molecule has 0 aromatic carbocycles. The van der Waals surface area contributed by atoms with Gasteiger partial charge in [0.15, 0.2) is 0 Å². The second kappa shape index (κ2) is 4.89. The minimum atomic E-state index is 0.533. The Hall–Kier alpha value is -0.990. The van der Waals surface area contributed by atoms with Crippen molar-refractivity contribution in [1.29, 1.82) is 0 Å². The normalized spacial score (nSPS) is 26.6. The number of aryl methyl sites for hydroxylation is 1. The Morgan fingerprint density at radius 1 is 1.38 bits per heavy atom. The monoisotopic (exact) mass is 221 g/mol. The van der Waals surface area contributed by atoms with Gasteiger partial charge in [0, 0.05) is 5.56 Å². The number of nitrogens with two attached hydrogens (primary N) is 1. The number of aromatic nitrogens is 2. The maximum atomic E-state index is 6.05. The van der Waals surface area contributed by atoms with Gasteiger partial charge in [0.1, 0.15) is 5.82 Å². The standard InChI is InChI=1S/C13H23N3/c1-3-11-5-4-6-12(8-7-11)16-13(14)10(2)9-15-16/h9,11-12H,3-8,14H2,1-2H3. The van der Waals surface area contributed by atoms with E-state index < -0.39 is 0 Å². The van der Waals surface area contributed by atoms with Crippen LogP contribution in [0.5, 0.6) is 0 Å². The van der Waals surface area contributed by atoms with E-state index in [-0.39, 0.29) is 0 Å². The Morgan fingerprint density at radius 3 is 2.81 bits per heavy atom. The lowest BCUT2D eigenvalue weighted by Crippen LogP contribution is -2.13. The molecule has 3 nitrogen and oxygen atoms in total. The molecule has 1 fully saturated rings.